The first-order valence-electron chi connectivity index (χ1n) is 8.83. The predicted molar refractivity (Wildman–Crippen MR) is 93.4 cm³/mol. The van der Waals surface area contributed by atoms with Crippen molar-refractivity contribution in [1.82, 2.24) is 19.8 Å². The van der Waals surface area contributed by atoms with Crippen LogP contribution in [0.5, 0.6) is 0 Å². The molecule has 1 aliphatic carbocycles. The van der Waals surface area contributed by atoms with E-state index in [0.29, 0.717) is 30.0 Å². The summed E-state index contributed by atoms with van der Waals surface area (Å²) in [6.07, 6.45) is 3.85. The molecule has 2 amide bonds. The number of fused-ring (bicyclic) bond motifs is 1. The molecule has 0 radical (unpaired) electrons. The highest BCUT2D eigenvalue weighted by Gasteiger charge is 2.34. The molecule has 1 aliphatic heterocycles. The van der Waals surface area contributed by atoms with E-state index in [0.717, 1.165) is 18.5 Å². The summed E-state index contributed by atoms with van der Waals surface area (Å²) >= 11 is 0. The van der Waals surface area contributed by atoms with Gasteiger partial charge >= 0.3 is 5.69 Å². The first kappa shape index (κ1) is 15.9. The molecular weight excluding hydrogens is 320 g/mol. The van der Waals surface area contributed by atoms with Gasteiger partial charge in [0.05, 0.1) is 11.0 Å². The fraction of sp³-hybridized carbons (Fsp3) is 0.500. The number of imidazole rings is 1. The number of rotatable bonds is 4. The number of benzene rings is 1. The number of hydrogen-bond donors (Lipinski definition) is 2. The van der Waals surface area contributed by atoms with E-state index in [4.69, 9.17) is 0 Å². The molecule has 25 heavy (non-hydrogen) atoms. The predicted octanol–water partition coefficient (Wildman–Crippen LogP) is 1.09. The molecule has 0 bridgehead atoms. The number of carbonyl (C=O) groups excluding carboxylic acids is 2. The van der Waals surface area contributed by atoms with E-state index in [2.05, 4.69) is 10.3 Å². The van der Waals surface area contributed by atoms with Gasteiger partial charge in [-0.15, -0.1) is 0 Å². The maximum atomic E-state index is 12.8. The number of carbonyl (C=O) groups is 2. The molecule has 1 aromatic heterocycles. The number of aromatic nitrogens is 2. The Bertz CT molecular complexity index is 893. The van der Waals surface area contributed by atoms with Gasteiger partial charge in [0.2, 0.25) is 5.91 Å². The number of likely N-dealkylation sites (N-methyl/N-ethyl adjacent to an activating group) is 1. The summed E-state index contributed by atoms with van der Waals surface area (Å²) in [7, 11) is 1.59. The summed E-state index contributed by atoms with van der Waals surface area (Å²) < 4.78 is 1.75. The Balaban J connectivity index is 1.64. The van der Waals surface area contributed by atoms with Gasteiger partial charge in [-0.3, -0.25) is 14.2 Å². The van der Waals surface area contributed by atoms with Crippen LogP contribution in [-0.4, -0.2) is 45.9 Å². The van der Waals surface area contributed by atoms with Crippen LogP contribution < -0.4 is 11.0 Å². The van der Waals surface area contributed by atoms with Crippen molar-refractivity contribution in [1.29, 1.82) is 0 Å². The molecule has 1 unspecified atom stereocenters. The first-order valence-corrected chi connectivity index (χ1v) is 8.83. The Kier molecular flexibility index (Phi) is 3.86. The monoisotopic (exact) mass is 342 g/mol. The van der Waals surface area contributed by atoms with Gasteiger partial charge in [-0.25, -0.2) is 4.79 Å². The minimum atomic E-state index is -0.410. The average molecular weight is 342 g/mol. The Labute approximate surface area is 145 Å². The molecule has 2 N–H and O–H groups in total. The molecule has 0 spiro atoms. The highest BCUT2D eigenvalue weighted by atomic mass is 16.2. The van der Waals surface area contributed by atoms with Gasteiger partial charge in [0.1, 0.15) is 6.04 Å². The van der Waals surface area contributed by atoms with Crippen LogP contribution in [0.4, 0.5) is 0 Å². The largest absolute Gasteiger partial charge is 0.357 e. The highest BCUT2D eigenvalue weighted by molar-refractivity contribution is 6.00. The van der Waals surface area contributed by atoms with Gasteiger partial charge in [-0.1, -0.05) is 0 Å². The summed E-state index contributed by atoms with van der Waals surface area (Å²) in [6.45, 7) is 1.31. The zero-order chi connectivity index (χ0) is 17.6. The highest BCUT2D eigenvalue weighted by Crippen LogP contribution is 2.31. The lowest BCUT2D eigenvalue weighted by molar-refractivity contribution is -0.124. The average Bonchev–Trinajstić information content (AvgIpc) is 3.20. The summed E-state index contributed by atoms with van der Waals surface area (Å²) in [6, 6.07) is 4.89. The molecule has 2 aromatic rings. The zero-order valence-corrected chi connectivity index (χ0v) is 14.2. The van der Waals surface area contributed by atoms with E-state index in [9.17, 15) is 14.4 Å². The van der Waals surface area contributed by atoms with Crippen LogP contribution in [0.2, 0.25) is 0 Å². The molecule has 4 rings (SSSR count). The van der Waals surface area contributed by atoms with Gasteiger partial charge in [-0.2, -0.15) is 0 Å². The van der Waals surface area contributed by atoms with E-state index in [1.54, 1.807) is 28.6 Å². The second kappa shape index (κ2) is 6.06. The fourth-order valence-electron chi connectivity index (χ4n) is 3.65. The third kappa shape index (κ3) is 2.83. The van der Waals surface area contributed by atoms with Crippen LogP contribution in [0.3, 0.4) is 0 Å². The zero-order valence-electron chi connectivity index (χ0n) is 14.2. The summed E-state index contributed by atoms with van der Waals surface area (Å²) in [5.41, 5.74) is 1.88. The maximum Gasteiger partial charge on any atom is 0.326 e. The summed E-state index contributed by atoms with van der Waals surface area (Å²) in [5.74, 6) is 0.302. The van der Waals surface area contributed by atoms with Gasteiger partial charge in [0, 0.05) is 25.7 Å². The molecule has 2 aliphatic rings. The van der Waals surface area contributed by atoms with Crippen molar-refractivity contribution in [3.05, 3.63) is 34.2 Å². The Morgan fingerprint density at radius 3 is 2.80 bits per heavy atom. The second-order valence-corrected chi connectivity index (χ2v) is 6.99. The van der Waals surface area contributed by atoms with E-state index in [-0.39, 0.29) is 17.5 Å². The number of nitrogens with one attached hydrogen (secondary N) is 2. The molecule has 1 aromatic carbocycles. The quantitative estimate of drug-likeness (QED) is 0.872. The smallest absolute Gasteiger partial charge is 0.326 e. The van der Waals surface area contributed by atoms with Crippen LogP contribution in [0, 0.1) is 5.92 Å². The normalized spacial score (nSPS) is 20.2. The molecule has 132 valence electrons. The Hall–Kier alpha value is -2.57. The second-order valence-electron chi connectivity index (χ2n) is 6.99. The van der Waals surface area contributed by atoms with Crippen molar-refractivity contribution in [3.8, 4) is 0 Å². The minimum Gasteiger partial charge on any atom is -0.357 e. The van der Waals surface area contributed by atoms with Gasteiger partial charge in [0.15, 0.2) is 0 Å². The summed E-state index contributed by atoms with van der Waals surface area (Å²) in [4.78, 5) is 41.5. The topological polar surface area (TPSA) is 87.2 Å². The van der Waals surface area contributed by atoms with E-state index >= 15 is 0 Å². The van der Waals surface area contributed by atoms with Gasteiger partial charge < -0.3 is 15.2 Å². The van der Waals surface area contributed by atoms with Crippen LogP contribution in [0.25, 0.3) is 11.0 Å². The number of aromatic amines is 1. The van der Waals surface area contributed by atoms with Crippen LogP contribution in [0.1, 0.15) is 36.0 Å². The van der Waals surface area contributed by atoms with Crippen molar-refractivity contribution in [3.63, 3.8) is 0 Å². The van der Waals surface area contributed by atoms with Crippen molar-refractivity contribution < 1.29 is 9.59 Å². The molecule has 1 atom stereocenters. The molecule has 7 nitrogen and oxygen atoms in total. The number of amides is 2. The van der Waals surface area contributed by atoms with Crippen molar-refractivity contribution in [2.75, 3.05) is 13.6 Å². The number of likely N-dealkylation sites (tertiary alicyclic amines) is 1. The SMILES string of the molecule is CNC(=O)C1CCCN1C(=O)c1ccc2c(c1)[nH]c(=O)n2CC1CC1. The number of H-pyrrole nitrogens is 1. The van der Waals surface area contributed by atoms with Crippen molar-refractivity contribution in [2.24, 2.45) is 5.92 Å². The van der Waals surface area contributed by atoms with Crippen LogP contribution in [-0.2, 0) is 11.3 Å². The fourth-order valence-corrected chi connectivity index (χ4v) is 3.65. The Morgan fingerprint density at radius 2 is 2.08 bits per heavy atom. The maximum absolute atomic E-state index is 12.8. The lowest BCUT2D eigenvalue weighted by atomic mass is 10.1. The van der Waals surface area contributed by atoms with Crippen LogP contribution in [0.15, 0.2) is 23.0 Å². The number of nitrogens with zero attached hydrogens (tertiary/aromatic N) is 2. The standard InChI is InChI=1S/C18H22N4O3/c1-19-16(23)15-3-2-8-21(15)17(24)12-6-7-14-13(9-12)20-18(25)22(14)10-11-4-5-11/h6-7,9,11,15H,2-5,8,10H2,1H3,(H,19,23)(H,20,25). The summed E-state index contributed by atoms with van der Waals surface area (Å²) in [5, 5.41) is 2.62. The third-order valence-corrected chi connectivity index (χ3v) is 5.22. The van der Waals surface area contributed by atoms with E-state index in [1.165, 1.54) is 12.8 Å². The van der Waals surface area contributed by atoms with E-state index in [1.807, 2.05) is 6.07 Å². The van der Waals surface area contributed by atoms with Crippen molar-refractivity contribution in [2.45, 2.75) is 38.3 Å². The van der Waals surface area contributed by atoms with Crippen molar-refractivity contribution >= 4 is 22.8 Å². The molecular formula is C18H22N4O3. The minimum absolute atomic E-state index is 0.129. The van der Waals surface area contributed by atoms with Crippen LogP contribution >= 0.6 is 0 Å². The number of hydrogen-bond acceptors (Lipinski definition) is 3. The Morgan fingerprint density at radius 1 is 1.28 bits per heavy atom. The molecule has 2 heterocycles. The van der Waals surface area contributed by atoms with Gasteiger partial charge in [-0.05, 0) is 49.8 Å². The lowest BCUT2D eigenvalue weighted by Crippen LogP contribution is -2.44. The molecule has 1 saturated heterocycles. The lowest BCUT2D eigenvalue weighted by Gasteiger charge is -2.23. The molecule has 7 heteroatoms. The molecule has 2 fully saturated rings. The molecule has 1 saturated carbocycles. The first-order chi connectivity index (χ1) is 12.1. The van der Waals surface area contributed by atoms with Gasteiger partial charge in [0.25, 0.3) is 5.91 Å². The third-order valence-electron chi connectivity index (χ3n) is 5.22. The van der Waals surface area contributed by atoms with E-state index < -0.39 is 6.04 Å².